The molecule has 0 bridgehead atoms. The normalized spacial score (nSPS) is 14.1. The average Bonchev–Trinajstić information content (AvgIpc) is 3.34. The molecule has 4 rings (SSSR count). The van der Waals surface area contributed by atoms with Crippen LogP contribution in [0.25, 0.3) is 22.7 Å². The molecule has 0 radical (unpaired) electrons. The van der Waals surface area contributed by atoms with E-state index in [1.807, 2.05) is 0 Å². The van der Waals surface area contributed by atoms with Crippen LogP contribution in [0.3, 0.4) is 0 Å². The summed E-state index contributed by atoms with van der Waals surface area (Å²) in [5.74, 6) is -0.407. The van der Waals surface area contributed by atoms with Gasteiger partial charge in [0.2, 0.25) is 5.60 Å². The van der Waals surface area contributed by atoms with Crippen molar-refractivity contribution in [1.29, 1.82) is 0 Å². The maximum Gasteiger partial charge on any atom is 0.423 e. The number of rotatable bonds is 6. The van der Waals surface area contributed by atoms with E-state index in [-0.39, 0.29) is 5.56 Å². The van der Waals surface area contributed by atoms with Crippen LogP contribution in [0, 0.1) is 12.7 Å². The Bertz CT molecular complexity index is 1380. The van der Waals surface area contributed by atoms with Crippen LogP contribution in [0.4, 0.5) is 17.6 Å². The number of hydrogen-bond acceptors (Lipinski definition) is 2. The summed E-state index contributed by atoms with van der Waals surface area (Å²) in [6.45, 7) is 6.63. The number of benzene rings is 2. The summed E-state index contributed by atoms with van der Waals surface area (Å²) in [7, 11) is 0. The minimum atomic E-state index is -4.94. The van der Waals surface area contributed by atoms with Crippen molar-refractivity contribution in [3.63, 3.8) is 0 Å². The van der Waals surface area contributed by atoms with E-state index in [0.29, 0.717) is 22.3 Å². The van der Waals surface area contributed by atoms with Crippen LogP contribution in [0.15, 0.2) is 79.2 Å². The van der Waals surface area contributed by atoms with Crippen LogP contribution in [0.2, 0.25) is 0 Å². The monoisotopic (exact) mass is 469 g/mol. The molecule has 2 heterocycles. The van der Waals surface area contributed by atoms with Crippen LogP contribution in [-0.4, -0.2) is 25.6 Å². The summed E-state index contributed by atoms with van der Waals surface area (Å²) in [5, 5.41) is 15.7. The lowest BCUT2D eigenvalue weighted by Gasteiger charge is -2.32. The van der Waals surface area contributed by atoms with E-state index < -0.39 is 24.1 Å². The molecule has 2 aromatic heterocycles. The Balaban J connectivity index is 1.77. The molecular formula is C26H23F4N3O. The van der Waals surface area contributed by atoms with Gasteiger partial charge in [-0.2, -0.15) is 18.3 Å². The number of hydrogen-bond donors (Lipinski definition) is 1. The van der Waals surface area contributed by atoms with Gasteiger partial charge in [0.25, 0.3) is 0 Å². The second-order valence-corrected chi connectivity index (χ2v) is 8.36. The first kappa shape index (κ1) is 23.5. The SMILES string of the molecule is C=C(C)/C=C\c1c(C)ccn1CC(O)(c1ccc2c(cnn2-c2ccc(F)cc2)c1)C(F)(F)F. The first-order chi connectivity index (χ1) is 16.0. The lowest BCUT2D eigenvalue weighted by molar-refractivity contribution is -0.271. The molecule has 0 aliphatic heterocycles. The maximum absolute atomic E-state index is 14.3. The van der Waals surface area contributed by atoms with E-state index >= 15 is 0 Å². The minimum absolute atomic E-state index is 0.299. The van der Waals surface area contributed by atoms with Gasteiger partial charge in [0.05, 0.1) is 23.9 Å². The fraction of sp³-hybridized carbons (Fsp3) is 0.192. The van der Waals surface area contributed by atoms with E-state index in [9.17, 15) is 22.7 Å². The number of allylic oxidation sites excluding steroid dienone is 2. The van der Waals surface area contributed by atoms with Crippen LogP contribution in [0.5, 0.6) is 0 Å². The van der Waals surface area contributed by atoms with Crippen LogP contribution in [0.1, 0.15) is 23.7 Å². The topological polar surface area (TPSA) is 43.0 Å². The van der Waals surface area contributed by atoms with Crippen LogP contribution < -0.4 is 0 Å². The predicted molar refractivity (Wildman–Crippen MR) is 124 cm³/mol. The highest BCUT2D eigenvalue weighted by molar-refractivity contribution is 5.81. The molecule has 0 amide bonds. The highest BCUT2D eigenvalue weighted by Gasteiger charge is 2.55. The molecule has 0 aliphatic carbocycles. The van der Waals surface area contributed by atoms with Gasteiger partial charge in [0.1, 0.15) is 5.82 Å². The molecular weight excluding hydrogens is 446 g/mol. The zero-order valence-electron chi connectivity index (χ0n) is 18.6. The summed E-state index contributed by atoms with van der Waals surface area (Å²) in [6.07, 6.45) is 1.39. The molecule has 0 spiro atoms. The molecule has 1 unspecified atom stereocenters. The van der Waals surface area contributed by atoms with E-state index in [1.165, 1.54) is 64.1 Å². The summed E-state index contributed by atoms with van der Waals surface area (Å²) in [6, 6.07) is 11.3. The smallest absolute Gasteiger partial charge is 0.375 e. The van der Waals surface area contributed by atoms with Crippen molar-refractivity contribution in [3.05, 3.63) is 102 Å². The molecule has 1 atom stereocenters. The predicted octanol–water partition coefficient (Wildman–Crippen LogP) is 6.31. The summed E-state index contributed by atoms with van der Waals surface area (Å²) in [5.41, 5.74) is -0.270. The van der Waals surface area contributed by atoms with Gasteiger partial charge >= 0.3 is 6.18 Å². The average molecular weight is 469 g/mol. The van der Waals surface area contributed by atoms with E-state index in [0.717, 1.165) is 11.1 Å². The fourth-order valence-corrected chi connectivity index (χ4v) is 3.85. The van der Waals surface area contributed by atoms with Crippen molar-refractivity contribution in [1.82, 2.24) is 14.3 Å². The second kappa shape index (κ2) is 8.61. The Morgan fingerprint density at radius 2 is 1.82 bits per heavy atom. The van der Waals surface area contributed by atoms with Crippen molar-refractivity contribution in [2.45, 2.75) is 32.2 Å². The first-order valence-electron chi connectivity index (χ1n) is 10.5. The van der Waals surface area contributed by atoms with E-state index in [4.69, 9.17) is 0 Å². The van der Waals surface area contributed by atoms with Crippen LogP contribution in [-0.2, 0) is 12.1 Å². The number of fused-ring (bicyclic) bond motifs is 1. The summed E-state index contributed by atoms with van der Waals surface area (Å²) >= 11 is 0. The maximum atomic E-state index is 14.3. The zero-order chi connectivity index (χ0) is 24.7. The van der Waals surface area contributed by atoms with E-state index in [1.54, 1.807) is 32.1 Å². The third kappa shape index (κ3) is 4.28. The van der Waals surface area contributed by atoms with Gasteiger partial charge in [-0.05, 0) is 73.5 Å². The summed E-state index contributed by atoms with van der Waals surface area (Å²) in [4.78, 5) is 0. The van der Waals surface area contributed by atoms with Gasteiger partial charge in [-0.25, -0.2) is 9.07 Å². The lowest BCUT2D eigenvalue weighted by atomic mass is 9.91. The van der Waals surface area contributed by atoms with Crippen LogP contribution >= 0.6 is 0 Å². The first-order valence-corrected chi connectivity index (χ1v) is 10.5. The molecule has 0 saturated heterocycles. The van der Waals surface area contributed by atoms with E-state index in [2.05, 4.69) is 11.7 Å². The molecule has 4 aromatic rings. The number of aliphatic hydroxyl groups is 1. The number of aryl methyl sites for hydroxylation is 1. The Morgan fingerprint density at radius 1 is 1.12 bits per heavy atom. The second-order valence-electron chi connectivity index (χ2n) is 8.36. The molecule has 4 nitrogen and oxygen atoms in total. The highest BCUT2D eigenvalue weighted by atomic mass is 19.4. The molecule has 0 aliphatic rings. The van der Waals surface area contributed by atoms with Crippen molar-refractivity contribution in [3.8, 4) is 5.69 Å². The van der Waals surface area contributed by atoms with Gasteiger partial charge in [-0.3, -0.25) is 0 Å². The van der Waals surface area contributed by atoms with Gasteiger partial charge in [0.15, 0.2) is 0 Å². The lowest BCUT2D eigenvalue weighted by Crippen LogP contribution is -2.46. The Labute approximate surface area is 194 Å². The molecule has 0 saturated carbocycles. The third-order valence-corrected chi connectivity index (χ3v) is 5.73. The van der Waals surface area contributed by atoms with Gasteiger partial charge in [-0.15, -0.1) is 0 Å². The number of alkyl halides is 3. The number of nitrogens with zero attached hydrogens (tertiary/aromatic N) is 3. The Kier molecular flexibility index (Phi) is 5.95. The molecule has 8 heteroatoms. The molecule has 1 N–H and O–H groups in total. The van der Waals surface area contributed by atoms with Gasteiger partial charge in [-0.1, -0.05) is 24.3 Å². The van der Waals surface area contributed by atoms with Gasteiger partial charge in [0, 0.05) is 17.3 Å². The van der Waals surface area contributed by atoms with Crippen molar-refractivity contribution < 1.29 is 22.7 Å². The standard InChI is InChI=1S/C26H23F4N3O/c1-17(2)4-10-23-18(3)12-13-32(23)16-25(34,26(28,29)30)20-5-11-24-19(14-20)15-31-33(24)22-8-6-21(27)7-9-22/h4-15,34H,1,16H2,2-3H3/b10-4-. The largest absolute Gasteiger partial charge is 0.423 e. The third-order valence-electron chi connectivity index (χ3n) is 5.73. The molecule has 0 fully saturated rings. The zero-order valence-corrected chi connectivity index (χ0v) is 18.6. The van der Waals surface area contributed by atoms with Crippen molar-refractivity contribution in [2.24, 2.45) is 0 Å². The van der Waals surface area contributed by atoms with Gasteiger partial charge < -0.3 is 9.67 Å². The quantitative estimate of drug-likeness (QED) is 0.266. The fourth-order valence-electron chi connectivity index (χ4n) is 3.85. The van der Waals surface area contributed by atoms with Crippen molar-refractivity contribution >= 4 is 17.0 Å². The molecule has 2 aromatic carbocycles. The minimum Gasteiger partial charge on any atom is -0.375 e. The number of halogens is 4. The Hall–Kier alpha value is -3.65. The molecule has 34 heavy (non-hydrogen) atoms. The van der Waals surface area contributed by atoms with Crippen molar-refractivity contribution in [2.75, 3.05) is 0 Å². The number of aromatic nitrogens is 3. The Morgan fingerprint density at radius 3 is 2.47 bits per heavy atom. The highest BCUT2D eigenvalue weighted by Crippen LogP contribution is 2.42. The summed E-state index contributed by atoms with van der Waals surface area (Å²) < 4.78 is 59.0. The molecule has 176 valence electrons.